The van der Waals surface area contributed by atoms with Crippen molar-refractivity contribution < 1.29 is 18.0 Å². The highest BCUT2D eigenvalue weighted by Crippen LogP contribution is 2.42. The lowest BCUT2D eigenvalue weighted by Gasteiger charge is -2.08. The summed E-state index contributed by atoms with van der Waals surface area (Å²) in [5, 5.41) is 6.08. The van der Waals surface area contributed by atoms with Crippen molar-refractivity contribution in [2.45, 2.75) is 24.9 Å². The second-order valence-electron chi connectivity index (χ2n) is 6.33. The minimum absolute atomic E-state index is 0.0328. The number of amides is 1. The summed E-state index contributed by atoms with van der Waals surface area (Å²) in [5.41, 5.74) is -0.333. The summed E-state index contributed by atoms with van der Waals surface area (Å²) in [4.78, 5) is 23.9. The van der Waals surface area contributed by atoms with Crippen LogP contribution in [0.1, 0.15) is 40.6 Å². The van der Waals surface area contributed by atoms with Gasteiger partial charge in [0.05, 0.1) is 18.1 Å². The fourth-order valence-corrected chi connectivity index (χ4v) is 3.06. The minimum Gasteiger partial charge on any atom is -0.319 e. The zero-order chi connectivity index (χ0) is 20.8. The van der Waals surface area contributed by atoms with Crippen LogP contribution in [0.5, 0.6) is 0 Å². The van der Waals surface area contributed by atoms with Crippen LogP contribution in [0.2, 0.25) is 10.3 Å². The maximum absolute atomic E-state index is 13.0. The predicted molar refractivity (Wildman–Crippen MR) is 98.3 cm³/mol. The van der Waals surface area contributed by atoms with Crippen molar-refractivity contribution >= 4 is 34.8 Å². The van der Waals surface area contributed by atoms with E-state index in [9.17, 15) is 18.0 Å². The first-order chi connectivity index (χ1) is 13.7. The quantitative estimate of drug-likeness (QED) is 0.642. The number of halogens is 5. The van der Waals surface area contributed by atoms with Gasteiger partial charge in [-0.25, -0.2) is 19.6 Å². The summed E-state index contributed by atoms with van der Waals surface area (Å²) in [6.07, 6.45) is -0.448. The van der Waals surface area contributed by atoms with Gasteiger partial charge in [0.1, 0.15) is 5.15 Å². The Balaban J connectivity index is 1.57. The number of hydrogen-bond donors (Lipinski definition) is 1. The van der Waals surface area contributed by atoms with Gasteiger partial charge in [-0.3, -0.25) is 4.79 Å². The molecule has 1 amide bonds. The molecule has 0 atom stereocenters. The van der Waals surface area contributed by atoms with Crippen molar-refractivity contribution in [2.75, 3.05) is 5.32 Å². The fourth-order valence-electron chi connectivity index (χ4n) is 2.66. The van der Waals surface area contributed by atoms with E-state index in [1.165, 1.54) is 29.2 Å². The van der Waals surface area contributed by atoms with Crippen LogP contribution in [0.4, 0.5) is 18.9 Å². The summed E-state index contributed by atoms with van der Waals surface area (Å²) in [5.74, 6) is -0.388. The highest BCUT2D eigenvalue weighted by atomic mass is 35.5. The number of rotatable bonds is 4. The number of hydrogen-bond acceptors (Lipinski definition) is 5. The first-order valence-corrected chi connectivity index (χ1v) is 9.11. The van der Waals surface area contributed by atoms with Gasteiger partial charge in [-0.15, -0.1) is 0 Å². The van der Waals surface area contributed by atoms with Crippen LogP contribution in [0, 0.1) is 0 Å². The molecular weight excluding hydrogens is 432 g/mol. The third kappa shape index (κ3) is 4.18. The molecule has 3 aromatic heterocycles. The number of alkyl halides is 3. The summed E-state index contributed by atoms with van der Waals surface area (Å²) in [7, 11) is 0. The van der Waals surface area contributed by atoms with E-state index in [0.717, 1.165) is 18.9 Å². The zero-order valence-corrected chi connectivity index (χ0v) is 15.9. The van der Waals surface area contributed by atoms with E-state index in [1.807, 2.05) is 0 Å². The Morgan fingerprint density at radius 2 is 1.93 bits per heavy atom. The molecule has 0 saturated heterocycles. The average Bonchev–Trinajstić information content (AvgIpc) is 3.39. The lowest BCUT2D eigenvalue weighted by Crippen LogP contribution is -2.15. The van der Waals surface area contributed by atoms with E-state index in [0.29, 0.717) is 11.4 Å². The monoisotopic (exact) mass is 442 g/mol. The van der Waals surface area contributed by atoms with Gasteiger partial charge in [0.15, 0.2) is 22.4 Å². The zero-order valence-electron chi connectivity index (χ0n) is 14.4. The molecular formula is C17H11Cl2F3N6O. The number of pyridine rings is 1. The molecule has 0 aromatic carbocycles. The molecule has 12 heteroatoms. The molecule has 0 spiro atoms. The van der Waals surface area contributed by atoms with Gasteiger partial charge in [0.25, 0.3) is 5.91 Å². The Labute approximate surface area is 171 Å². The number of nitrogens with one attached hydrogen (secondary N) is 1. The molecule has 0 aliphatic heterocycles. The molecule has 1 aliphatic rings. The molecule has 1 aliphatic carbocycles. The van der Waals surface area contributed by atoms with Gasteiger partial charge in [0.2, 0.25) is 0 Å². The van der Waals surface area contributed by atoms with Crippen molar-refractivity contribution in [2.24, 2.45) is 0 Å². The Morgan fingerprint density at radius 3 is 2.52 bits per heavy atom. The summed E-state index contributed by atoms with van der Waals surface area (Å²) >= 11 is 11.5. The summed E-state index contributed by atoms with van der Waals surface area (Å²) < 4.78 is 40.3. The van der Waals surface area contributed by atoms with Gasteiger partial charge in [-0.2, -0.15) is 18.3 Å². The normalized spacial score (nSPS) is 14.1. The molecule has 1 N–H and O–H groups in total. The SMILES string of the molecule is O=C(Nc1ccc(-n2nc(C(F)(F)F)cc2C2CC2)nc1)c1ncc(Cl)nc1Cl. The van der Waals surface area contributed by atoms with E-state index < -0.39 is 17.8 Å². The van der Waals surface area contributed by atoms with Crippen LogP contribution < -0.4 is 5.32 Å². The van der Waals surface area contributed by atoms with Crippen LogP contribution >= 0.6 is 23.2 Å². The fraction of sp³-hybridized carbons (Fsp3) is 0.235. The lowest BCUT2D eigenvalue weighted by atomic mass is 10.2. The Kier molecular flexibility index (Phi) is 4.91. The van der Waals surface area contributed by atoms with Crippen molar-refractivity contribution in [1.82, 2.24) is 24.7 Å². The molecule has 1 fully saturated rings. The van der Waals surface area contributed by atoms with E-state index in [4.69, 9.17) is 23.2 Å². The topological polar surface area (TPSA) is 85.6 Å². The van der Waals surface area contributed by atoms with E-state index in [2.05, 4.69) is 25.4 Å². The number of nitrogens with zero attached hydrogens (tertiary/aromatic N) is 5. The average molecular weight is 443 g/mol. The highest BCUT2D eigenvalue weighted by molar-refractivity contribution is 6.34. The molecule has 0 bridgehead atoms. The maximum atomic E-state index is 13.0. The maximum Gasteiger partial charge on any atom is 0.435 e. The number of carbonyl (C=O) groups is 1. The summed E-state index contributed by atoms with van der Waals surface area (Å²) in [6, 6.07) is 4.00. The van der Waals surface area contributed by atoms with Gasteiger partial charge in [-0.1, -0.05) is 23.2 Å². The van der Waals surface area contributed by atoms with Gasteiger partial charge in [0, 0.05) is 11.6 Å². The van der Waals surface area contributed by atoms with E-state index in [-0.39, 0.29) is 27.7 Å². The second kappa shape index (κ2) is 7.27. The van der Waals surface area contributed by atoms with Gasteiger partial charge in [-0.05, 0) is 31.0 Å². The molecule has 0 unspecified atom stereocenters. The number of carbonyl (C=O) groups excluding carboxylic acids is 1. The number of anilines is 1. The molecule has 4 rings (SSSR count). The molecule has 0 radical (unpaired) electrons. The van der Waals surface area contributed by atoms with Gasteiger partial charge >= 0.3 is 6.18 Å². The van der Waals surface area contributed by atoms with Crippen LogP contribution in [0.3, 0.4) is 0 Å². The van der Waals surface area contributed by atoms with Crippen molar-refractivity contribution in [3.63, 3.8) is 0 Å². The standard InChI is InChI=1S/C17H11Cl2F3N6O/c18-12-7-24-14(15(19)26-12)16(29)25-9-3-4-13(23-6-9)28-10(8-1-2-8)5-11(27-28)17(20,21)22/h3-8H,1-2H2,(H,25,29). The van der Waals surface area contributed by atoms with Crippen molar-refractivity contribution in [3.8, 4) is 5.82 Å². The number of aromatic nitrogens is 5. The molecule has 150 valence electrons. The van der Waals surface area contributed by atoms with Crippen LogP contribution in [-0.4, -0.2) is 30.6 Å². The minimum atomic E-state index is -4.54. The molecule has 3 heterocycles. The van der Waals surface area contributed by atoms with Gasteiger partial charge < -0.3 is 5.32 Å². The van der Waals surface area contributed by atoms with Crippen molar-refractivity contribution in [1.29, 1.82) is 0 Å². The third-order valence-corrected chi connectivity index (χ3v) is 4.61. The first-order valence-electron chi connectivity index (χ1n) is 8.35. The predicted octanol–water partition coefficient (Wildman–Crippen LogP) is 4.51. The Bertz CT molecular complexity index is 1080. The lowest BCUT2D eigenvalue weighted by molar-refractivity contribution is -0.141. The first kappa shape index (κ1) is 19.6. The van der Waals surface area contributed by atoms with Crippen LogP contribution in [-0.2, 0) is 6.18 Å². The smallest absolute Gasteiger partial charge is 0.319 e. The van der Waals surface area contributed by atoms with E-state index >= 15 is 0 Å². The molecule has 7 nitrogen and oxygen atoms in total. The summed E-state index contributed by atoms with van der Waals surface area (Å²) in [6.45, 7) is 0. The third-order valence-electron chi connectivity index (χ3n) is 4.16. The van der Waals surface area contributed by atoms with Crippen LogP contribution in [0.25, 0.3) is 5.82 Å². The highest BCUT2D eigenvalue weighted by Gasteiger charge is 2.38. The Hall–Kier alpha value is -2.72. The van der Waals surface area contributed by atoms with E-state index in [1.54, 1.807) is 0 Å². The second-order valence-corrected chi connectivity index (χ2v) is 7.07. The largest absolute Gasteiger partial charge is 0.435 e. The van der Waals surface area contributed by atoms with Crippen LogP contribution in [0.15, 0.2) is 30.6 Å². The molecule has 29 heavy (non-hydrogen) atoms. The Morgan fingerprint density at radius 1 is 1.17 bits per heavy atom. The molecule has 3 aromatic rings. The molecule has 1 saturated carbocycles. The van der Waals surface area contributed by atoms with Crippen molar-refractivity contribution in [3.05, 3.63) is 58.0 Å².